The Morgan fingerprint density at radius 3 is 2.45 bits per heavy atom. The van der Waals surface area contributed by atoms with E-state index in [-0.39, 0.29) is 28.1 Å². The van der Waals surface area contributed by atoms with Crippen molar-refractivity contribution in [3.63, 3.8) is 0 Å². The number of carboxylic acid groups (broad SMARTS) is 1. The first-order valence-electron chi connectivity index (χ1n) is 13.5. The molecule has 0 aliphatic heterocycles. The van der Waals surface area contributed by atoms with Crippen LogP contribution in [0.3, 0.4) is 0 Å². The van der Waals surface area contributed by atoms with Gasteiger partial charge in [0.15, 0.2) is 13.8 Å². The van der Waals surface area contributed by atoms with Crippen LogP contribution in [0.15, 0.2) is 53.6 Å². The average molecular weight is 634 g/mol. The van der Waals surface area contributed by atoms with Crippen LogP contribution < -0.4 is 20.8 Å². The Morgan fingerprint density at radius 2 is 1.82 bits per heavy atom. The molecule has 2 aromatic heterocycles. The van der Waals surface area contributed by atoms with Crippen LogP contribution in [0.25, 0.3) is 10.9 Å². The van der Waals surface area contributed by atoms with E-state index in [0.29, 0.717) is 37.0 Å². The Balaban J connectivity index is 1.72. The van der Waals surface area contributed by atoms with E-state index in [4.69, 9.17) is 13.8 Å². The van der Waals surface area contributed by atoms with E-state index in [9.17, 15) is 27.9 Å². The summed E-state index contributed by atoms with van der Waals surface area (Å²) in [6, 6.07) is 9.70. The number of fused-ring (bicyclic) bond motifs is 1. The van der Waals surface area contributed by atoms with Crippen LogP contribution in [0.1, 0.15) is 30.5 Å². The molecular formula is C29H31F3N5O6P. The van der Waals surface area contributed by atoms with Crippen molar-refractivity contribution in [1.29, 1.82) is 0 Å². The minimum absolute atomic E-state index is 0.0197. The van der Waals surface area contributed by atoms with Gasteiger partial charge in [0.1, 0.15) is 23.7 Å². The summed E-state index contributed by atoms with van der Waals surface area (Å²) in [4.78, 5) is 32.5. The Morgan fingerprint density at radius 1 is 1.09 bits per heavy atom. The van der Waals surface area contributed by atoms with Crippen LogP contribution in [0.2, 0.25) is 0 Å². The summed E-state index contributed by atoms with van der Waals surface area (Å²) < 4.78 is 60.3. The number of methoxy groups -OCH3 is 1. The highest BCUT2D eigenvalue weighted by Crippen LogP contribution is 2.43. The summed E-state index contributed by atoms with van der Waals surface area (Å²) in [7, 11) is 0.308. The normalized spacial score (nSPS) is 11.6. The quantitative estimate of drug-likeness (QED) is 0.138. The third-order valence-corrected chi connectivity index (χ3v) is 8.03. The molecule has 2 aromatic carbocycles. The van der Waals surface area contributed by atoms with Gasteiger partial charge in [0.2, 0.25) is 5.95 Å². The van der Waals surface area contributed by atoms with Crippen LogP contribution in [-0.2, 0) is 32.7 Å². The van der Waals surface area contributed by atoms with E-state index in [1.807, 2.05) is 19.9 Å². The lowest BCUT2D eigenvalue weighted by atomic mass is 10.1. The van der Waals surface area contributed by atoms with Gasteiger partial charge in [-0.1, -0.05) is 12.1 Å². The highest BCUT2D eigenvalue weighted by atomic mass is 31.2. The maximum absolute atomic E-state index is 14.0. The number of benzene rings is 2. The molecule has 0 radical (unpaired) electrons. The van der Waals surface area contributed by atoms with Crippen LogP contribution in [-0.4, -0.2) is 45.9 Å². The molecule has 0 saturated carbocycles. The van der Waals surface area contributed by atoms with Crippen molar-refractivity contribution in [2.75, 3.05) is 31.0 Å². The van der Waals surface area contributed by atoms with Crippen molar-refractivity contribution in [3.05, 3.63) is 75.7 Å². The molecule has 4 aromatic rings. The number of rotatable bonds is 13. The predicted molar refractivity (Wildman–Crippen MR) is 161 cm³/mol. The smallest absolute Gasteiger partial charge is 0.421 e. The second-order valence-electron chi connectivity index (χ2n) is 9.43. The standard InChI is InChI=1S/C29H31F3N5O6P/c1-5-42-44(43-6-2)16-18-10-11-20(23(12-18)41-4)35-28-33-13-19(29(30,31)32)27(36-28)34-21-8-7-9-22-25(21)26(40)17(3)14-37(22)15-24(38)39/h7-14H,5-6,15-16H2,1-4H3,(H,38,39)(H2,33,34,35,36). The fraction of sp³-hybridized carbons (Fsp3) is 0.310. The predicted octanol–water partition coefficient (Wildman–Crippen LogP) is 6.58. The van der Waals surface area contributed by atoms with E-state index in [1.54, 1.807) is 12.1 Å². The molecule has 4 rings (SSSR count). The number of halogens is 3. The minimum Gasteiger partial charge on any atom is -0.495 e. The molecule has 11 nitrogen and oxygen atoms in total. The third-order valence-electron chi connectivity index (χ3n) is 6.31. The lowest BCUT2D eigenvalue weighted by molar-refractivity contribution is -0.138. The second kappa shape index (κ2) is 14.0. The van der Waals surface area contributed by atoms with Gasteiger partial charge in [-0.2, -0.15) is 18.2 Å². The zero-order valence-electron chi connectivity index (χ0n) is 24.4. The van der Waals surface area contributed by atoms with Crippen molar-refractivity contribution < 1.29 is 36.9 Å². The number of aliphatic carboxylic acids is 1. The molecule has 0 fully saturated rings. The number of hydrogen-bond donors (Lipinski definition) is 3. The Bertz CT molecular complexity index is 1710. The molecule has 0 aliphatic rings. The van der Waals surface area contributed by atoms with E-state index in [0.717, 1.165) is 5.56 Å². The van der Waals surface area contributed by atoms with Gasteiger partial charge in [-0.15, -0.1) is 0 Å². The molecule has 0 amide bonds. The van der Waals surface area contributed by atoms with Crippen molar-refractivity contribution in [2.45, 2.75) is 39.7 Å². The third kappa shape index (κ3) is 7.62. The van der Waals surface area contributed by atoms with Crippen LogP contribution in [0.4, 0.5) is 36.3 Å². The fourth-order valence-electron chi connectivity index (χ4n) is 4.45. The average Bonchev–Trinajstić information content (AvgIpc) is 2.96. The molecule has 0 spiro atoms. The van der Waals surface area contributed by atoms with Crippen molar-refractivity contribution in [3.8, 4) is 5.75 Å². The Kier molecular flexibility index (Phi) is 10.4. The molecule has 2 heterocycles. The van der Waals surface area contributed by atoms with Gasteiger partial charge in [-0.3, -0.25) is 9.59 Å². The van der Waals surface area contributed by atoms with Gasteiger partial charge < -0.3 is 34.1 Å². The zero-order chi connectivity index (χ0) is 32.0. The van der Waals surface area contributed by atoms with Gasteiger partial charge in [-0.25, -0.2) is 4.98 Å². The van der Waals surface area contributed by atoms with Crippen LogP contribution in [0, 0.1) is 6.92 Å². The molecule has 3 N–H and O–H groups in total. The first kappa shape index (κ1) is 32.6. The summed E-state index contributed by atoms with van der Waals surface area (Å²) in [5.74, 6) is -1.53. The van der Waals surface area contributed by atoms with Crippen molar-refractivity contribution in [1.82, 2.24) is 14.5 Å². The minimum atomic E-state index is -4.83. The fourth-order valence-corrected chi connectivity index (χ4v) is 5.78. The maximum atomic E-state index is 14.0. The molecule has 0 bridgehead atoms. The number of hydrogen-bond acceptors (Lipinski definition) is 9. The number of aryl methyl sites for hydroxylation is 1. The monoisotopic (exact) mass is 633 g/mol. The summed E-state index contributed by atoms with van der Waals surface area (Å²) in [5.41, 5.74) is 0.115. The molecule has 15 heteroatoms. The number of anilines is 4. The maximum Gasteiger partial charge on any atom is 0.421 e. The zero-order valence-corrected chi connectivity index (χ0v) is 25.3. The number of carbonyl (C=O) groups is 1. The molecule has 0 saturated heterocycles. The molecule has 0 aliphatic carbocycles. The Labute approximate surface area is 251 Å². The van der Waals surface area contributed by atoms with Crippen molar-refractivity contribution in [2.24, 2.45) is 0 Å². The highest BCUT2D eigenvalue weighted by molar-refractivity contribution is 7.46. The lowest BCUT2D eigenvalue weighted by Gasteiger charge is -2.18. The van der Waals surface area contributed by atoms with E-state index in [2.05, 4.69) is 20.6 Å². The van der Waals surface area contributed by atoms with Crippen LogP contribution in [0.5, 0.6) is 5.75 Å². The second-order valence-corrected chi connectivity index (χ2v) is 10.9. The molecule has 234 valence electrons. The topological polar surface area (TPSA) is 137 Å². The van der Waals surface area contributed by atoms with Gasteiger partial charge in [-0.05, 0) is 50.6 Å². The number of nitrogens with zero attached hydrogens (tertiary/aromatic N) is 3. The summed E-state index contributed by atoms with van der Waals surface area (Å²) in [5, 5.41) is 14.9. The largest absolute Gasteiger partial charge is 0.495 e. The van der Waals surface area contributed by atoms with Gasteiger partial charge >= 0.3 is 12.1 Å². The van der Waals surface area contributed by atoms with E-state index < -0.39 is 43.9 Å². The number of ether oxygens (including phenoxy) is 1. The Hall–Kier alpha value is -4.26. The SMILES string of the molecule is CCOP(Cc1ccc(Nc2ncc(C(F)(F)F)c(Nc3cccc4c3c(=O)c(C)cn4CC(=O)O)n2)c(OC)c1)OCC. The molecule has 0 atom stereocenters. The van der Waals surface area contributed by atoms with Gasteiger partial charge in [0.25, 0.3) is 0 Å². The summed E-state index contributed by atoms with van der Waals surface area (Å²) in [6.07, 6.45) is -2.29. The number of pyridine rings is 1. The number of alkyl halides is 3. The van der Waals surface area contributed by atoms with Gasteiger partial charge in [0, 0.05) is 24.1 Å². The molecule has 44 heavy (non-hydrogen) atoms. The first-order valence-corrected chi connectivity index (χ1v) is 14.8. The highest BCUT2D eigenvalue weighted by Gasteiger charge is 2.35. The van der Waals surface area contributed by atoms with Crippen molar-refractivity contribution >= 4 is 48.4 Å². The lowest BCUT2D eigenvalue weighted by Crippen LogP contribution is -2.18. The summed E-state index contributed by atoms with van der Waals surface area (Å²) >= 11 is 0. The number of nitrogens with one attached hydrogen (secondary N) is 2. The molecule has 0 unspecified atom stereocenters. The summed E-state index contributed by atoms with van der Waals surface area (Å²) in [6.45, 7) is 5.81. The first-order chi connectivity index (χ1) is 20.9. The van der Waals surface area contributed by atoms with E-state index in [1.165, 1.54) is 43.0 Å². The number of carboxylic acids is 1. The molecular weight excluding hydrogens is 602 g/mol. The number of aromatic nitrogens is 3. The van der Waals surface area contributed by atoms with E-state index >= 15 is 0 Å². The van der Waals surface area contributed by atoms with Gasteiger partial charge in [0.05, 0.1) is 42.6 Å². The van der Waals surface area contributed by atoms with Crippen LogP contribution >= 0.6 is 8.38 Å².